The molecule has 0 aliphatic rings. The van der Waals surface area contributed by atoms with Gasteiger partial charge in [-0.1, -0.05) is 13.0 Å². The third kappa shape index (κ3) is 3.34. The van der Waals surface area contributed by atoms with Gasteiger partial charge in [-0.15, -0.1) is 10.2 Å². The number of benzene rings is 1. The molecular formula is C17H22N6O2S. The molecule has 138 valence electrons. The molecule has 0 spiro atoms. The molecule has 26 heavy (non-hydrogen) atoms. The average Bonchev–Trinajstić information content (AvgIpc) is 3.21. The summed E-state index contributed by atoms with van der Waals surface area (Å²) in [6, 6.07) is 5.08. The first kappa shape index (κ1) is 18.1. The van der Waals surface area contributed by atoms with E-state index in [0.29, 0.717) is 18.1 Å². The number of hydrogen-bond donors (Lipinski definition) is 1. The maximum atomic E-state index is 12.9. The lowest BCUT2D eigenvalue weighted by Crippen LogP contribution is -2.15. The zero-order valence-corrected chi connectivity index (χ0v) is 16.1. The molecule has 3 aromatic rings. The molecule has 0 saturated carbocycles. The highest BCUT2D eigenvalue weighted by Crippen LogP contribution is 2.27. The Balaban J connectivity index is 2.07. The van der Waals surface area contributed by atoms with Crippen LogP contribution in [0.25, 0.3) is 5.82 Å². The van der Waals surface area contributed by atoms with E-state index < -0.39 is 10.0 Å². The summed E-state index contributed by atoms with van der Waals surface area (Å²) >= 11 is 0. The Bertz CT molecular complexity index is 1020. The van der Waals surface area contributed by atoms with Crippen LogP contribution >= 0.6 is 0 Å². The summed E-state index contributed by atoms with van der Waals surface area (Å²) in [5.41, 5.74) is 3.13. The smallest absolute Gasteiger partial charge is 0.262 e. The molecule has 0 radical (unpaired) electrons. The van der Waals surface area contributed by atoms with Crippen molar-refractivity contribution < 1.29 is 8.42 Å². The number of anilines is 1. The van der Waals surface area contributed by atoms with Crippen LogP contribution in [0.3, 0.4) is 0 Å². The van der Waals surface area contributed by atoms with Crippen molar-refractivity contribution in [3.63, 3.8) is 0 Å². The van der Waals surface area contributed by atoms with E-state index in [0.717, 1.165) is 23.2 Å². The zero-order valence-electron chi connectivity index (χ0n) is 15.3. The standard InChI is InChI=1S/C17H22N6O2S/c1-5-8-23-14(4)16(17(20-23)22-10-18-19-11-22)21-26(24,25)15-7-6-12(2)13(3)9-15/h6-7,9-11,21H,5,8H2,1-4H3. The summed E-state index contributed by atoms with van der Waals surface area (Å²) in [5, 5.41) is 12.1. The first-order valence-corrected chi connectivity index (χ1v) is 9.84. The Labute approximate surface area is 152 Å². The van der Waals surface area contributed by atoms with E-state index in [1.165, 1.54) is 12.7 Å². The second-order valence-electron chi connectivity index (χ2n) is 6.23. The summed E-state index contributed by atoms with van der Waals surface area (Å²) in [6.07, 6.45) is 3.87. The highest BCUT2D eigenvalue weighted by atomic mass is 32.2. The van der Waals surface area contributed by atoms with Crippen LogP contribution in [0.15, 0.2) is 35.7 Å². The summed E-state index contributed by atoms with van der Waals surface area (Å²) in [7, 11) is -3.75. The van der Waals surface area contributed by atoms with Crippen LogP contribution < -0.4 is 4.72 Å². The van der Waals surface area contributed by atoms with E-state index in [1.807, 2.05) is 27.7 Å². The van der Waals surface area contributed by atoms with E-state index in [2.05, 4.69) is 20.0 Å². The van der Waals surface area contributed by atoms with Gasteiger partial charge >= 0.3 is 0 Å². The van der Waals surface area contributed by atoms with Crippen LogP contribution in [-0.2, 0) is 16.6 Å². The van der Waals surface area contributed by atoms with E-state index in [1.54, 1.807) is 27.4 Å². The van der Waals surface area contributed by atoms with Crippen LogP contribution in [0.2, 0.25) is 0 Å². The van der Waals surface area contributed by atoms with Crippen molar-refractivity contribution in [1.29, 1.82) is 0 Å². The average molecular weight is 374 g/mol. The molecule has 2 heterocycles. The van der Waals surface area contributed by atoms with Gasteiger partial charge in [0.2, 0.25) is 0 Å². The van der Waals surface area contributed by atoms with Gasteiger partial charge in [-0.05, 0) is 50.5 Å². The molecule has 0 fully saturated rings. The molecule has 0 aliphatic heterocycles. The molecule has 2 aromatic heterocycles. The van der Waals surface area contributed by atoms with Crippen LogP contribution in [0.1, 0.15) is 30.2 Å². The van der Waals surface area contributed by atoms with E-state index in [4.69, 9.17) is 0 Å². The van der Waals surface area contributed by atoms with E-state index in [9.17, 15) is 8.42 Å². The second-order valence-corrected chi connectivity index (χ2v) is 7.91. The van der Waals surface area contributed by atoms with Crippen molar-refractivity contribution >= 4 is 15.7 Å². The normalized spacial score (nSPS) is 11.7. The first-order chi connectivity index (χ1) is 12.3. The molecule has 3 rings (SSSR count). The number of nitrogens with zero attached hydrogens (tertiary/aromatic N) is 5. The largest absolute Gasteiger partial charge is 0.274 e. The molecule has 0 unspecified atom stereocenters. The monoisotopic (exact) mass is 374 g/mol. The highest BCUT2D eigenvalue weighted by molar-refractivity contribution is 7.92. The Kier molecular flexibility index (Phi) is 4.82. The molecule has 0 bridgehead atoms. The van der Waals surface area contributed by atoms with Crippen molar-refractivity contribution in [2.24, 2.45) is 0 Å². The third-order valence-corrected chi connectivity index (χ3v) is 5.66. The molecule has 8 nitrogen and oxygen atoms in total. The molecule has 9 heteroatoms. The minimum atomic E-state index is -3.75. The lowest BCUT2D eigenvalue weighted by molar-refractivity contribution is 0.583. The lowest BCUT2D eigenvalue weighted by Gasteiger charge is -2.11. The van der Waals surface area contributed by atoms with Crippen molar-refractivity contribution in [2.75, 3.05) is 4.72 Å². The van der Waals surface area contributed by atoms with Gasteiger partial charge in [-0.3, -0.25) is 14.0 Å². The second kappa shape index (κ2) is 6.91. The molecule has 1 aromatic carbocycles. The highest BCUT2D eigenvalue weighted by Gasteiger charge is 2.23. The maximum Gasteiger partial charge on any atom is 0.262 e. The molecule has 0 atom stereocenters. The van der Waals surface area contributed by atoms with Crippen LogP contribution in [-0.4, -0.2) is 33.0 Å². The van der Waals surface area contributed by atoms with Gasteiger partial charge < -0.3 is 0 Å². The predicted octanol–water partition coefficient (Wildman–Crippen LogP) is 2.60. The minimum Gasteiger partial charge on any atom is -0.274 e. The van der Waals surface area contributed by atoms with Gasteiger partial charge in [0.1, 0.15) is 18.3 Å². The van der Waals surface area contributed by atoms with Gasteiger partial charge in [0, 0.05) is 6.54 Å². The maximum absolute atomic E-state index is 12.9. The van der Waals surface area contributed by atoms with Gasteiger partial charge in [-0.2, -0.15) is 5.10 Å². The first-order valence-electron chi connectivity index (χ1n) is 8.36. The van der Waals surface area contributed by atoms with Crippen molar-refractivity contribution in [3.8, 4) is 5.82 Å². The summed E-state index contributed by atoms with van der Waals surface area (Å²) in [5.74, 6) is 0.452. The van der Waals surface area contributed by atoms with Gasteiger partial charge in [-0.25, -0.2) is 8.42 Å². The Morgan fingerprint density at radius 2 is 1.77 bits per heavy atom. The molecule has 0 aliphatic carbocycles. The molecular weight excluding hydrogens is 352 g/mol. The zero-order chi connectivity index (χ0) is 18.9. The van der Waals surface area contributed by atoms with Crippen LogP contribution in [0, 0.1) is 20.8 Å². The van der Waals surface area contributed by atoms with Gasteiger partial charge in [0.15, 0.2) is 5.82 Å². The number of nitrogens with one attached hydrogen (secondary N) is 1. The van der Waals surface area contributed by atoms with Crippen molar-refractivity contribution in [2.45, 2.75) is 45.6 Å². The summed E-state index contributed by atoms with van der Waals surface area (Å²) in [6.45, 7) is 8.41. The number of aryl methyl sites for hydroxylation is 3. The summed E-state index contributed by atoms with van der Waals surface area (Å²) < 4.78 is 31.9. The van der Waals surface area contributed by atoms with Crippen molar-refractivity contribution in [1.82, 2.24) is 24.5 Å². The van der Waals surface area contributed by atoms with E-state index >= 15 is 0 Å². The van der Waals surface area contributed by atoms with Crippen LogP contribution in [0.5, 0.6) is 0 Å². The number of hydrogen-bond acceptors (Lipinski definition) is 5. The fourth-order valence-electron chi connectivity index (χ4n) is 2.64. The number of sulfonamides is 1. The Morgan fingerprint density at radius 3 is 2.38 bits per heavy atom. The lowest BCUT2D eigenvalue weighted by atomic mass is 10.1. The van der Waals surface area contributed by atoms with Crippen molar-refractivity contribution in [3.05, 3.63) is 47.7 Å². The number of rotatable bonds is 6. The quantitative estimate of drug-likeness (QED) is 0.716. The Hall–Kier alpha value is -2.68. The number of aromatic nitrogens is 5. The molecule has 1 N–H and O–H groups in total. The third-order valence-electron chi connectivity index (χ3n) is 4.31. The predicted molar refractivity (Wildman–Crippen MR) is 98.9 cm³/mol. The molecule has 0 saturated heterocycles. The van der Waals surface area contributed by atoms with Gasteiger partial charge in [0.25, 0.3) is 10.0 Å². The minimum absolute atomic E-state index is 0.220. The SMILES string of the molecule is CCCn1nc(-n2cnnc2)c(NS(=O)(=O)c2ccc(C)c(C)c2)c1C. The summed E-state index contributed by atoms with van der Waals surface area (Å²) in [4.78, 5) is 0.220. The molecule has 0 amide bonds. The fourth-order valence-corrected chi connectivity index (χ4v) is 3.85. The topological polar surface area (TPSA) is 94.7 Å². The fraction of sp³-hybridized carbons (Fsp3) is 0.353. The Morgan fingerprint density at radius 1 is 1.08 bits per heavy atom. The van der Waals surface area contributed by atoms with E-state index in [-0.39, 0.29) is 4.90 Å². The van der Waals surface area contributed by atoms with Crippen LogP contribution in [0.4, 0.5) is 5.69 Å². The van der Waals surface area contributed by atoms with Gasteiger partial charge in [0.05, 0.1) is 10.6 Å².